The van der Waals surface area contributed by atoms with Crippen LogP contribution in [0.3, 0.4) is 0 Å². The van der Waals surface area contributed by atoms with Crippen LogP contribution in [-0.2, 0) is 10.0 Å². The van der Waals surface area contributed by atoms with Crippen molar-refractivity contribution in [3.05, 3.63) is 58.1 Å². The van der Waals surface area contributed by atoms with Crippen LogP contribution in [0.15, 0.2) is 35.2 Å². The van der Waals surface area contributed by atoms with Crippen molar-refractivity contribution in [3.63, 3.8) is 0 Å². The van der Waals surface area contributed by atoms with Crippen molar-refractivity contribution in [1.29, 1.82) is 0 Å². The minimum absolute atomic E-state index is 0.395. The van der Waals surface area contributed by atoms with E-state index in [-0.39, 0.29) is 0 Å². The van der Waals surface area contributed by atoms with E-state index >= 15 is 0 Å². The van der Waals surface area contributed by atoms with E-state index in [9.17, 15) is 8.42 Å². The van der Waals surface area contributed by atoms with Crippen LogP contribution in [0.2, 0.25) is 0 Å². The van der Waals surface area contributed by atoms with E-state index in [1.807, 2.05) is 52.8 Å². The highest BCUT2D eigenvalue weighted by Crippen LogP contribution is 2.30. The van der Waals surface area contributed by atoms with E-state index < -0.39 is 10.0 Å². The monoisotopic (exact) mass is 303 g/mol. The first-order valence-electron chi connectivity index (χ1n) is 6.90. The molecule has 4 heteroatoms. The Kier molecular flexibility index (Phi) is 4.10. The standard InChI is InChI=1S/C17H21NO2S/c1-11-12(2)14(4)17(15(5)13(11)3)21(19,20)18-16-9-7-6-8-10-16/h6-10,18H,1-5H3. The molecule has 0 saturated carbocycles. The molecule has 3 nitrogen and oxygen atoms in total. The number of benzene rings is 2. The average Bonchev–Trinajstić information content (AvgIpc) is 2.43. The van der Waals surface area contributed by atoms with Crippen LogP contribution < -0.4 is 4.72 Å². The molecule has 0 radical (unpaired) electrons. The van der Waals surface area contributed by atoms with Crippen molar-refractivity contribution in [3.8, 4) is 0 Å². The number of hydrogen-bond donors (Lipinski definition) is 1. The minimum atomic E-state index is -3.59. The molecule has 2 aromatic rings. The van der Waals surface area contributed by atoms with Gasteiger partial charge in [-0.15, -0.1) is 0 Å². The van der Waals surface area contributed by atoms with E-state index in [0.717, 1.165) is 27.8 Å². The number of rotatable bonds is 3. The molecule has 1 N–H and O–H groups in total. The zero-order valence-electron chi connectivity index (χ0n) is 13.1. The first-order chi connectivity index (χ1) is 9.75. The second-order valence-electron chi connectivity index (χ2n) is 5.43. The summed E-state index contributed by atoms with van der Waals surface area (Å²) < 4.78 is 28.2. The molecule has 0 unspecified atom stereocenters. The van der Waals surface area contributed by atoms with Crippen LogP contribution in [0.4, 0.5) is 5.69 Å². The van der Waals surface area contributed by atoms with Crippen LogP contribution in [0.1, 0.15) is 27.8 Å². The number of hydrogen-bond acceptors (Lipinski definition) is 2. The van der Waals surface area contributed by atoms with Crippen molar-refractivity contribution in [1.82, 2.24) is 0 Å². The lowest BCUT2D eigenvalue weighted by Crippen LogP contribution is -2.17. The molecule has 0 saturated heterocycles. The Balaban J connectivity index is 2.61. The maximum Gasteiger partial charge on any atom is 0.262 e. The molecule has 21 heavy (non-hydrogen) atoms. The summed E-state index contributed by atoms with van der Waals surface area (Å²) in [6.45, 7) is 9.71. The number of nitrogens with one attached hydrogen (secondary N) is 1. The van der Waals surface area contributed by atoms with Crippen LogP contribution in [0.5, 0.6) is 0 Å². The zero-order valence-corrected chi connectivity index (χ0v) is 13.9. The quantitative estimate of drug-likeness (QED) is 0.930. The first-order valence-corrected chi connectivity index (χ1v) is 8.39. The largest absolute Gasteiger partial charge is 0.280 e. The average molecular weight is 303 g/mol. The molecule has 112 valence electrons. The van der Waals surface area contributed by atoms with Gasteiger partial charge in [0.1, 0.15) is 0 Å². The van der Waals surface area contributed by atoms with Gasteiger partial charge in [0.15, 0.2) is 0 Å². The van der Waals surface area contributed by atoms with Gasteiger partial charge in [-0.3, -0.25) is 4.72 Å². The molecule has 0 spiro atoms. The second kappa shape index (κ2) is 5.53. The van der Waals surface area contributed by atoms with E-state index in [4.69, 9.17) is 0 Å². The Labute approximate surface area is 127 Å². The lowest BCUT2D eigenvalue weighted by molar-refractivity contribution is 0.599. The van der Waals surface area contributed by atoms with Crippen molar-refractivity contribution in [2.75, 3.05) is 4.72 Å². The fourth-order valence-corrected chi connectivity index (χ4v) is 4.24. The Morgan fingerprint density at radius 1 is 0.714 bits per heavy atom. The Morgan fingerprint density at radius 2 is 1.14 bits per heavy atom. The molecule has 0 aliphatic carbocycles. The predicted octanol–water partition coefficient (Wildman–Crippen LogP) is 4.03. The van der Waals surface area contributed by atoms with E-state index in [1.165, 1.54) is 0 Å². The van der Waals surface area contributed by atoms with Crippen LogP contribution in [0.25, 0.3) is 0 Å². The number of anilines is 1. The molecular formula is C17H21NO2S. The summed E-state index contributed by atoms with van der Waals surface area (Å²) >= 11 is 0. The fraction of sp³-hybridized carbons (Fsp3) is 0.294. The molecular weight excluding hydrogens is 282 g/mol. The SMILES string of the molecule is Cc1c(C)c(C)c(S(=O)(=O)Nc2ccccc2)c(C)c1C. The Morgan fingerprint density at radius 3 is 1.62 bits per heavy atom. The molecule has 2 aromatic carbocycles. The minimum Gasteiger partial charge on any atom is -0.280 e. The van der Waals surface area contributed by atoms with Crippen LogP contribution >= 0.6 is 0 Å². The molecule has 0 aliphatic heterocycles. The highest BCUT2D eigenvalue weighted by atomic mass is 32.2. The van der Waals surface area contributed by atoms with Crippen molar-refractivity contribution >= 4 is 15.7 Å². The Hall–Kier alpha value is -1.81. The summed E-state index contributed by atoms with van der Waals surface area (Å²) in [6.07, 6.45) is 0. The molecule has 0 heterocycles. The van der Waals surface area contributed by atoms with Gasteiger partial charge in [0.2, 0.25) is 0 Å². The second-order valence-corrected chi connectivity index (χ2v) is 7.04. The smallest absolute Gasteiger partial charge is 0.262 e. The zero-order chi connectivity index (χ0) is 15.8. The number of sulfonamides is 1. The van der Waals surface area contributed by atoms with Crippen molar-refractivity contribution in [2.24, 2.45) is 0 Å². The van der Waals surface area contributed by atoms with E-state index in [1.54, 1.807) is 12.1 Å². The van der Waals surface area contributed by atoms with Gasteiger partial charge < -0.3 is 0 Å². The van der Waals surface area contributed by atoms with Gasteiger partial charge in [-0.25, -0.2) is 8.42 Å². The lowest BCUT2D eigenvalue weighted by atomic mass is 9.95. The molecule has 0 amide bonds. The summed E-state index contributed by atoms with van der Waals surface area (Å²) in [4.78, 5) is 0.395. The summed E-state index contributed by atoms with van der Waals surface area (Å²) in [7, 11) is -3.59. The molecule has 0 aromatic heterocycles. The fourth-order valence-electron chi connectivity index (χ4n) is 2.58. The number of para-hydroxylation sites is 1. The third-order valence-electron chi connectivity index (χ3n) is 4.23. The van der Waals surface area contributed by atoms with Gasteiger partial charge in [-0.1, -0.05) is 18.2 Å². The van der Waals surface area contributed by atoms with Crippen molar-refractivity contribution < 1.29 is 8.42 Å². The van der Waals surface area contributed by atoms with Crippen LogP contribution in [-0.4, -0.2) is 8.42 Å². The molecule has 0 fully saturated rings. The van der Waals surface area contributed by atoms with Crippen molar-refractivity contribution in [2.45, 2.75) is 39.5 Å². The highest BCUT2D eigenvalue weighted by Gasteiger charge is 2.23. The summed E-state index contributed by atoms with van der Waals surface area (Å²) in [6, 6.07) is 8.97. The third kappa shape index (κ3) is 2.81. The van der Waals surface area contributed by atoms with Gasteiger partial charge in [-0.2, -0.15) is 0 Å². The predicted molar refractivity (Wildman–Crippen MR) is 87.4 cm³/mol. The first kappa shape index (κ1) is 15.6. The maximum atomic E-state index is 12.7. The lowest BCUT2D eigenvalue weighted by Gasteiger charge is -2.19. The summed E-state index contributed by atoms with van der Waals surface area (Å²) in [5.41, 5.74) is 5.44. The van der Waals surface area contributed by atoms with E-state index in [0.29, 0.717) is 10.6 Å². The summed E-state index contributed by atoms with van der Waals surface area (Å²) in [5.74, 6) is 0. The topological polar surface area (TPSA) is 46.2 Å². The van der Waals surface area contributed by atoms with Gasteiger partial charge >= 0.3 is 0 Å². The van der Waals surface area contributed by atoms with Gasteiger partial charge in [0.05, 0.1) is 4.90 Å². The summed E-state index contributed by atoms with van der Waals surface area (Å²) in [5, 5.41) is 0. The highest BCUT2D eigenvalue weighted by molar-refractivity contribution is 7.92. The van der Waals surface area contributed by atoms with Gasteiger partial charge in [0.25, 0.3) is 10.0 Å². The van der Waals surface area contributed by atoms with Gasteiger partial charge in [0, 0.05) is 5.69 Å². The van der Waals surface area contributed by atoms with Gasteiger partial charge in [-0.05, 0) is 74.6 Å². The maximum absolute atomic E-state index is 12.7. The normalized spacial score (nSPS) is 11.5. The Bertz CT molecular complexity index is 749. The van der Waals surface area contributed by atoms with Crippen LogP contribution in [0, 0.1) is 34.6 Å². The molecule has 0 atom stereocenters. The molecule has 2 rings (SSSR count). The molecule has 0 aliphatic rings. The third-order valence-corrected chi connectivity index (χ3v) is 5.88. The van der Waals surface area contributed by atoms with E-state index in [2.05, 4.69) is 4.72 Å². The molecule has 0 bridgehead atoms.